The molecule has 4 N–H and O–H groups in total. The fourth-order valence-electron chi connectivity index (χ4n) is 1.55. The van der Waals surface area contributed by atoms with E-state index in [9.17, 15) is 18.0 Å². The third kappa shape index (κ3) is 4.16. The van der Waals surface area contributed by atoms with Crippen molar-refractivity contribution in [3.8, 4) is 0 Å². The van der Waals surface area contributed by atoms with Crippen molar-refractivity contribution < 1.29 is 23.1 Å². The molecule has 1 aromatic heterocycles. The van der Waals surface area contributed by atoms with E-state index in [1.807, 2.05) is 12.2 Å². The maximum absolute atomic E-state index is 12.1. The molecule has 0 aliphatic carbocycles. The Morgan fingerprint density at radius 2 is 2.21 bits per heavy atom. The summed E-state index contributed by atoms with van der Waals surface area (Å²) < 4.78 is 37.8. The Morgan fingerprint density at radius 3 is 2.74 bits per heavy atom. The van der Waals surface area contributed by atoms with E-state index in [2.05, 4.69) is 0 Å². The van der Waals surface area contributed by atoms with E-state index in [1.54, 1.807) is 10.8 Å². The first-order chi connectivity index (χ1) is 8.75. The number of hydrogen-bond donors (Lipinski definition) is 3. The molecule has 1 rings (SSSR count). The van der Waals surface area contributed by atoms with Crippen molar-refractivity contribution in [1.82, 2.24) is 9.88 Å². The minimum atomic E-state index is -4.75. The zero-order valence-electron chi connectivity index (χ0n) is 10.4. The third-order valence-electron chi connectivity index (χ3n) is 2.45. The average Bonchev–Trinajstić information content (AvgIpc) is 2.66. The number of anilines is 1. The lowest BCUT2D eigenvalue weighted by Gasteiger charge is -2.15. The summed E-state index contributed by atoms with van der Waals surface area (Å²) in [4.78, 5) is 11.7. The largest absolute Gasteiger partial charge is 0.416 e. The Balaban J connectivity index is 2.68. The van der Waals surface area contributed by atoms with Crippen molar-refractivity contribution in [2.45, 2.75) is 32.2 Å². The maximum Gasteiger partial charge on any atom is 0.416 e. The monoisotopic (exact) mass is 279 g/mol. The van der Waals surface area contributed by atoms with E-state index in [4.69, 9.17) is 10.8 Å². The number of carbonyl (C=O) groups is 1. The molecule has 8 heteroatoms. The highest BCUT2D eigenvalue weighted by molar-refractivity contribution is 5.93. The van der Waals surface area contributed by atoms with Gasteiger partial charge in [-0.1, -0.05) is 6.92 Å². The fraction of sp³-hybridized carbons (Fsp3) is 0.545. The summed E-state index contributed by atoms with van der Waals surface area (Å²) in [5.41, 5.74) is 6.07. The Labute approximate surface area is 108 Å². The number of nitrogens with zero attached hydrogens (tertiary/aromatic N) is 1. The number of aromatic nitrogens is 1. The van der Waals surface area contributed by atoms with Crippen molar-refractivity contribution in [2.75, 3.05) is 12.3 Å². The molecule has 1 amide bonds. The van der Waals surface area contributed by atoms with Crippen LogP contribution >= 0.6 is 0 Å². The zero-order valence-corrected chi connectivity index (χ0v) is 10.4. The number of hydrogen-bond acceptors (Lipinski definition) is 3. The molecule has 19 heavy (non-hydrogen) atoms. The van der Waals surface area contributed by atoms with E-state index in [1.165, 1.54) is 6.07 Å². The lowest BCUT2D eigenvalue weighted by atomic mass is 10.3. The first-order valence-electron chi connectivity index (χ1n) is 5.74. The van der Waals surface area contributed by atoms with Gasteiger partial charge in [0.25, 0.3) is 5.91 Å². The topological polar surface area (TPSA) is 80.3 Å². The van der Waals surface area contributed by atoms with Gasteiger partial charge in [-0.05, 0) is 12.5 Å². The van der Waals surface area contributed by atoms with E-state index >= 15 is 0 Å². The quantitative estimate of drug-likeness (QED) is 0.756. The first kappa shape index (κ1) is 15.4. The van der Waals surface area contributed by atoms with Crippen LogP contribution in [0.5, 0.6) is 0 Å². The number of carbonyl (C=O) groups excluding carboxylic acids is 1. The molecule has 5 nitrogen and oxygen atoms in total. The average molecular weight is 279 g/mol. The van der Waals surface area contributed by atoms with Crippen molar-refractivity contribution in [3.63, 3.8) is 0 Å². The number of nitrogens with one attached hydrogen (secondary N) is 1. The minimum Gasteiger partial charge on any atom is -0.397 e. The molecular weight excluding hydrogens is 263 g/mol. The van der Waals surface area contributed by atoms with E-state index < -0.39 is 24.7 Å². The van der Waals surface area contributed by atoms with Gasteiger partial charge in [-0.15, -0.1) is 0 Å². The van der Waals surface area contributed by atoms with Crippen molar-refractivity contribution in [3.05, 3.63) is 18.0 Å². The normalized spacial score (nSPS) is 13.3. The van der Waals surface area contributed by atoms with Gasteiger partial charge in [0, 0.05) is 12.7 Å². The molecular formula is C11H16F3N3O2. The summed E-state index contributed by atoms with van der Waals surface area (Å²) in [5.74, 6) is -0.701. The Morgan fingerprint density at radius 1 is 1.58 bits per heavy atom. The molecule has 0 aliphatic heterocycles. The summed E-state index contributed by atoms with van der Waals surface area (Å²) in [6.45, 7) is 1.53. The number of amides is 1. The summed E-state index contributed by atoms with van der Waals surface area (Å²) in [7, 11) is 0. The van der Waals surface area contributed by atoms with Crippen LogP contribution in [0.15, 0.2) is 12.3 Å². The van der Waals surface area contributed by atoms with Crippen molar-refractivity contribution >= 4 is 11.6 Å². The van der Waals surface area contributed by atoms with Crippen LogP contribution in [0.1, 0.15) is 23.8 Å². The van der Waals surface area contributed by atoms with Crippen LogP contribution in [0.25, 0.3) is 0 Å². The number of halogens is 3. The Bertz CT molecular complexity index is 443. The molecule has 0 spiro atoms. The molecule has 0 aromatic carbocycles. The summed E-state index contributed by atoms with van der Waals surface area (Å²) in [6.07, 6.45) is -5.04. The highest BCUT2D eigenvalue weighted by atomic mass is 19.4. The zero-order chi connectivity index (χ0) is 14.6. The van der Waals surface area contributed by atoms with Gasteiger partial charge in [0.05, 0.1) is 12.2 Å². The lowest BCUT2D eigenvalue weighted by Crippen LogP contribution is -2.41. The van der Waals surface area contributed by atoms with Gasteiger partial charge in [-0.2, -0.15) is 13.2 Å². The molecule has 0 saturated heterocycles. The van der Waals surface area contributed by atoms with Gasteiger partial charge in [0.2, 0.25) is 0 Å². The molecule has 0 bridgehead atoms. The van der Waals surface area contributed by atoms with Crippen LogP contribution in [-0.4, -0.2) is 34.4 Å². The SMILES string of the molecule is CCCn1cc(N)cc1C(=O)NCC(O)C(F)(F)F. The summed E-state index contributed by atoms with van der Waals surface area (Å²) >= 11 is 0. The van der Waals surface area contributed by atoms with Gasteiger partial charge in [0.15, 0.2) is 6.10 Å². The van der Waals surface area contributed by atoms with Crippen LogP contribution in [-0.2, 0) is 6.54 Å². The van der Waals surface area contributed by atoms with Crippen molar-refractivity contribution in [1.29, 1.82) is 0 Å². The van der Waals surface area contributed by atoms with Crippen LogP contribution in [0.4, 0.5) is 18.9 Å². The smallest absolute Gasteiger partial charge is 0.397 e. The molecule has 0 aliphatic rings. The number of aliphatic hydroxyl groups is 1. The van der Waals surface area contributed by atoms with Gasteiger partial charge in [-0.3, -0.25) is 4.79 Å². The molecule has 1 aromatic rings. The van der Waals surface area contributed by atoms with Gasteiger partial charge >= 0.3 is 6.18 Å². The highest BCUT2D eigenvalue weighted by Crippen LogP contribution is 2.19. The van der Waals surface area contributed by atoms with E-state index in [0.717, 1.165) is 6.42 Å². The Hall–Kier alpha value is -1.70. The molecule has 1 atom stereocenters. The number of alkyl halides is 3. The van der Waals surface area contributed by atoms with Gasteiger partial charge in [0.1, 0.15) is 5.69 Å². The molecule has 1 heterocycles. The third-order valence-corrected chi connectivity index (χ3v) is 2.45. The maximum atomic E-state index is 12.1. The van der Waals surface area contributed by atoms with E-state index in [0.29, 0.717) is 12.2 Å². The number of aryl methyl sites for hydroxylation is 1. The van der Waals surface area contributed by atoms with Crippen LogP contribution in [0.3, 0.4) is 0 Å². The predicted molar refractivity (Wildman–Crippen MR) is 63.5 cm³/mol. The van der Waals surface area contributed by atoms with Crippen molar-refractivity contribution in [2.24, 2.45) is 0 Å². The standard InChI is InChI=1S/C11H16F3N3O2/c1-2-3-17-6-7(15)4-8(17)10(19)16-5-9(18)11(12,13)14/h4,6,9,18H,2-3,5,15H2,1H3,(H,16,19). The fourth-order valence-corrected chi connectivity index (χ4v) is 1.55. The predicted octanol–water partition coefficient (Wildman–Crippen LogP) is 1.13. The molecule has 0 radical (unpaired) electrons. The molecule has 0 saturated carbocycles. The lowest BCUT2D eigenvalue weighted by molar-refractivity contribution is -0.201. The summed E-state index contributed by atoms with van der Waals surface area (Å²) in [5, 5.41) is 10.8. The molecule has 1 unspecified atom stereocenters. The molecule has 0 fully saturated rings. The van der Waals surface area contributed by atoms with Gasteiger partial charge < -0.3 is 20.7 Å². The Kier molecular flexibility index (Phi) is 4.82. The van der Waals surface area contributed by atoms with Gasteiger partial charge in [-0.25, -0.2) is 0 Å². The minimum absolute atomic E-state index is 0.175. The van der Waals surface area contributed by atoms with Crippen LogP contribution in [0, 0.1) is 0 Å². The van der Waals surface area contributed by atoms with Crippen LogP contribution in [0.2, 0.25) is 0 Å². The highest BCUT2D eigenvalue weighted by Gasteiger charge is 2.38. The molecule has 108 valence electrons. The first-order valence-corrected chi connectivity index (χ1v) is 5.74. The summed E-state index contributed by atoms with van der Waals surface area (Å²) in [6, 6.07) is 1.38. The second kappa shape index (κ2) is 5.96. The number of nitrogens with two attached hydrogens (primary N) is 1. The van der Waals surface area contributed by atoms with Crippen LogP contribution < -0.4 is 11.1 Å². The number of nitrogen functional groups attached to an aromatic ring is 1. The number of aliphatic hydroxyl groups excluding tert-OH is 1. The second-order valence-corrected chi connectivity index (χ2v) is 4.12. The van der Waals surface area contributed by atoms with E-state index in [-0.39, 0.29) is 5.69 Å². The second-order valence-electron chi connectivity index (χ2n) is 4.12. The number of rotatable bonds is 5.